The maximum Gasteiger partial charge on any atom is 0.490 e. The Morgan fingerprint density at radius 1 is 1.04 bits per heavy atom. The van der Waals surface area contributed by atoms with Crippen molar-refractivity contribution >= 4 is 7.12 Å². The van der Waals surface area contributed by atoms with Crippen LogP contribution in [0, 0.1) is 5.92 Å². The molecule has 0 saturated carbocycles. The molecule has 1 atom stereocenters. The Hall–Kier alpha value is -0.315. The van der Waals surface area contributed by atoms with E-state index in [0.29, 0.717) is 5.54 Å². The topological polar surface area (TPSA) is 21.7 Å². The summed E-state index contributed by atoms with van der Waals surface area (Å²) in [5.74, 6) is 0.897. The number of likely N-dealkylation sites (tertiary alicyclic amines) is 1. The molecule has 2 fully saturated rings. The third kappa shape index (κ3) is 3.27. The van der Waals surface area contributed by atoms with Gasteiger partial charge in [0.05, 0.1) is 11.2 Å². The molecule has 0 amide bonds. The highest BCUT2D eigenvalue weighted by atomic mass is 16.7. The van der Waals surface area contributed by atoms with E-state index in [-0.39, 0.29) is 18.3 Å². The summed E-state index contributed by atoms with van der Waals surface area (Å²) in [6, 6.07) is 0. The summed E-state index contributed by atoms with van der Waals surface area (Å²) in [7, 11) is -0.147. The van der Waals surface area contributed by atoms with Crippen molar-refractivity contribution in [2.24, 2.45) is 5.92 Å². The van der Waals surface area contributed by atoms with Gasteiger partial charge in [0.2, 0.25) is 0 Å². The van der Waals surface area contributed by atoms with E-state index < -0.39 is 0 Å². The first-order chi connectivity index (χ1) is 10.6. The molecule has 3 aliphatic rings. The molecular weight excluding hydrogens is 285 g/mol. The van der Waals surface area contributed by atoms with Gasteiger partial charge in [0, 0.05) is 5.54 Å². The fraction of sp³-hybridized carbons (Fsp3) is 0.895. The van der Waals surface area contributed by atoms with Crippen LogP contribution >= 0.6 is 0 Å². The minimum Gasteiger partial charge on any atom is -0.400 e. The summed E-state index contributed by atoms with van der Waals surface area (Å²) in [4.78, 5) is 2.73. The minimum absolute atomic E-state index is 0.147. The van der Waals surface area contributed by atoms with Gasteiger partial charge >= 0.3 is 7.12 Å². The summed E-state index contributed by atoms with van der Waals surface area (Å²) >= 11 is 0. The molecule has 2 heterocycles. The molecule has 3 rings (SSSR count). The molecule has 2 aliphatic heterocycles. The van der Waals surface area contributed by atoms with Crippen molar-refractivity contribution in [1.82, 2.24) is 4.90 Å². The maximum absolute atomic E-state index is 6.23. The van der Waals surface area contributed by atoms with Crippen molar-refractivity contribution in [3.8, 4) is 0 Å². The highest BCUT2D eigenvalue weighted by Crippen LogP contribution is 2.42. The lowest BCUT2D eigenvalue weighted by Gasteiger charge is -2.46. The van der Waals surface area contributed by atoms with Crippen LogP contribution in [0.15, 0.2) is 11.5 Å². The van der Waals surface area contributed by atoms with Crippen molar-refractivity contribution in [2.75, 3.05) is 13.1 Å². The van der Waals surface area contributed by atoms with Gasteiger partial charge in [-0.25, -0.2) is 0 Å². The minimum atomic E-state index is -0.234. The smallest absolute Gasteiger partial charge is 0.400 e. The first-order valence-corrected chi connectivity index (χ1v) is 9.43. The molecule has 0 bridgehead atoms. The Morgan fingerprint density at radius 3 is 2.09 bits per heavy atom. The molecule has 130 valence electrons. The number of nitrogens with zero attached hydrogens (tertiary/aromatic N) is 1. The first-order valence-electron chi connectivity index (χ1n) is 9.43. The van der Waals surface area contributed by atoms with Gasteiger partial charge in [-0.3, -0.25) is 4.90 Å². The number of rotatable bonds is 2. The predicted molar refractivity (Wildman–Crippen MR) is 96.4 cm³/mol. The van der Waals surface area contributed by atoms with E-state index in [0.717, 1.165) is 18.8 Å². The second-order valence-electron chi connectivity index (χ2n) is 9.24. The van der Waals surface area contributed by atoms with Crippen LogP contribution in [0.25, 0.3) is 0 Å². The maximum atomic E-state index is 6.23. The summed E-state index contributed by atoms with van der Waals surface area (Å²) in [6.45, 7) is 15.9. The average molecular weight is 319 g/mol. The van der Waals surface area contributed by atoms with Gasteiger partial charge in [0.1, 0.15) is 0 Å². The lowest BCUT2D eigenvalue weighted by atomic mass is 9.68. The largest absolute Gasteiger partial charge is 0.490 e. The average Bonchev–Trinajstić information content (AvgIpc) is 2.68. The normalized spacial score (nSPS) is 35.4. The van der Waals surface area contributed by atoms with Crippen molar-refractivity contribution in [2.45, 2.75) is 90.4 Å². The molecule has 0 radical (unpaired) electrons. The van der Waals surface area contributed by atoms with E-state index >= 15 is 0 Å². The first kappa shape index (κ1) is 17.5. The van der Waals surface area contributed by atoms with Crippen molar-refractivity contribution in [3.63, 3.8) is 0 Å². The van der Waals surface area contributed by atoms with Crippen LogP contribution in [0.2, 0.25) is 0 Å². The molecule has 23 heavy (non-hydrogen) atoms. The molecule has 0 aromatic rings. The quantitative estimate of drug-likeness (QED) is 0.711. The molecule has 1 unspecified atom stereocenters. The van der Waals surface area contributed by atoms with Gasteiger partial charge < -0.3 is 9.31 Å². The highest BCUT2D eigenvalue weighted by Gasteiger charge is 2.53. The second-order valence-corrected chi connectivity index (χ2v) is 9.24. The van der Waals surface area contributed by atoms with E-state index in [1.807, 2.05) is 0 Å². The Labute approximate surface area is 142 Å². The molecule has 2 saturated heterocycles. The van der Waals surface area contributed by atoms with Crippen LogP contribution in [0.3, 0.4) is 0 Å². The molecule has 4 heteroatoms. The van der Waals surface area contributed by atoms with E-state index in [4.69, 9.17) is 9.31 Å². The fourth-order valence-electron chi connectivity index (χ4n) is 4.01. The van der Waals surface area contributed by atoms with Gasteiger partial charge in [-0.05, 0) is 91.2 Å². The van der Waals surface area contributed by atoms with E-state index in [2.05, 4.69) is 52.5 Å². The third-order valence-electron chi connectivity index (χ3n) is 6.86. The van der Waals surface area contributed by atoms with E-state index in [9.17, 15) is 0 Å². The number of hydrogen-bond donors (Lipinski definition) is 0. The molecule has 0 spiro atoms. The van der Waals surface area contributed by atoms with Crippen LogP contribution < -0.4 is 0 Å². The predicted octanol–water partition coefficient (Wildman–Crippen LogP) is 4.22. The summed E-state index contributed by atoms with van der Waals surface area (Å²) in [5.41, 5.74) is 1.21. The summed E-state index contributed by atoms with van der Waals surface area (Å²) in [5, 5.41) is 0. The summed E-state index contributed by atoms with van der Waals surface area (Å²) in [6.07, 6.45) is 8.55. The fourth-order valence-corrected chi connectivity index (χ4v) is 4.01. The van der Waals surface area contributed by atoms with Gasteiger partial charge in [-0.2, -0.15) is 0 Å². The molecule has 1 aliphatic carbocycles. The van der Waals surface area contributed by atoms with Crippen LogP contribution in [-0.2, 0) is 9.31 Å². The lowest BCUT2D eigenvalue weighted by molar-refractivity contribution is 0.00578. The Balaban J connectivity index is 1.65. The second kappa shape index (κ2) is 5.89. The molecule has 0 aromatic heterocycles. The molecule has 3 nitrogen and oxygen atoms in total. The Kier molecular flexibility index (Phi) is 4.48. The number of allylic oxidation sites excluding steroid dienone is 1. The van der Waals surface area contributed by atoms with Crippen LogP contribution in [0.4, 0.5) is 0 Å². The standard InChI is InChI=1S/C19H34BNO2/c1-15-9-13-21(14-10-15)19(6)11-7-16(8-12-19)20-22-17(2,3)18(4,5)23-20/h7,15H,8-14H2,1-6H3. The molecular formula is C19H34BNO2. The van der Waals surface area contributed by atoms with Gasteiger partial charge in [-0.15, -0.1) is 0 Å². The van der Waals surface area contributed by atoms with Crippen LogP contribution in [0.1, 0.15) is 73.6 Å². The van der Waals surface area contributed by atoms with Crippen molar-refractivity contribution < 1.29 is 9.31 Å². The van der Waals surface area contributed by atoms with Gasteiger partial charge in [0.25, 0.3) is 0 Å². The number of hydrogen-bond acceptors (Lipinski definition) is 3. The zero-order valence-corrected chi connectivity index (χ0v) is 15.9. The highest BCUT2D eigenvalue weighted by molar-refractivity contribution is 6.54. The van der Waals surface area contributed by atoms with Crippen LogP contribution in [-0.4, -0.2) is 41.8 Å². The monoisotopic (exact) mass is 319 g/mol. The Bertz CT molecular complexity index is 464. The molecule has 0 aromatic carbocycles. The van der Waals surface area contributed by atoms with Gasteiger partial charge in [0.15, 0.2) is 0 Å². The third-order valence-corrected chi connectivity index (χ3v) is 6.86. The van der Waals surface area contributed by atoms with Crippen molar-refractivity contribution in [3.05, 3.63) is 11.5 Å². The van der Waals surface area contributed by atoms with E-state index in [1.54, 1.807) is 0 Å². The number of piperidine rings is 1. The van der Waals surface area contributed by atoms with Crippen LogP contribution in [0.5, 0.6) is 0 Å². The summed E-state index contributed by atoms with van der Waals surface area (Å²) < 4.78 is 12.5. The van der Waals surface area contributed by atoms with Gasteiger partial charge in [-0.1, -0.05) is 13.0 Å². The van der Waals surface area contributed by atoms with E-state index in [1.165, 1.54) is 37.8 Å². The van der Waals surface area contributed by atoms with Crippen molar-refractivity contribution in [1.29, 1.82) is 0 Å². The zero-order valence-electron chi connectivity index (χ0n) is 15.9. The zero-order chi connectivity index (χ0) is 16.9. The lowest BCUT2D eigenvalue weighted by Crippen LogP contribution is -2.51. The SMILES string of the molecule is CC1CCN(C2(C)CC=C(B3OC(C)(C)C(C)(C)O3)CC2)CC1. The molecule has 0 N–H and O–H groups in total. The Morgan fingerprint density at radius 2 is 1.61 bits per heavy atom.